The summed E-state index contributed by atoms with van der Waals surface area (Å²) in [6.07, 6.45) is 4.36. The molecular weight excluding hydrogens is 348 g/mol. The number of anilines is 1. The quantitative estimate of drug-likeness (QED) is 0.540. The van der Waals surface area contributed by atoms with Crippen molar-refractivity contribution < 1.29 is 4.52 Å². The lowest BCUT2D eigenvalue weighted by Crippen LogP contribution is -2.31. The van der Waals surface area contributed by atoms with Gasteiger partial charge in [-0.15, -0.1) is 0 Å². The zero-order valence-corrected chi connectivity index (χ0v) is 15.4. The third kappa shape index (κ3) is 3.05. The van der Waals surface area contributed by atoms with Gasteiger partial charge in [-0.3, -0.25) is 0 Å². The minimum atomic E-state index is 0.0338. The number of fused-ring (bicyclic) bond motifs is 1. The fourth-order valence-corrected chi connectivity index (χ4v) is 3.88. The Morgan fingerprint density at radius 2 is 1.46 bits per heavy atom. The molecule has 3 heterocycles. The fourth-order valence-electron chi connectivity index (χ4n) is 3.88. The highest BCUT2D eigenvalue weighted by Crippen LogP contribution is 2.36. The Balaban J connectivity index is 1.58. The summed E-state index contributed by atoms with van der Waals surface area (Å²) in [5.74, 6) is 1.75. The smallest absolute Gasteiger partial charge is 0.225 e. The van der Waals surface area contributed by atoms with Crippen molar-refractivity contribution in [2.45, 2.75) is 18.9 Å². The van der Waals surface area contributed by atoms with Gasteiger partial charge in [0.05, 0.1) is 12.5 Å². The number of hydrogen-bond acceptors (Lipinski definition) is 5. The summed E-state index contributed by atoms with van der Waals surface area (Å²) in [7, 11) is 0. The molecule has 5 heteroatoms. The lowest BCUT2D eigenvalue weighted by molar-refractivity contribution is 0.371. The Kier molecular flexibility index (Phi) is 4.33. The van der Waals surface area contributed by atoms with E-state index in [1.54, 1.807) is 12.4 Å². The summed E-state index contributed by atoms with van der Waals surface area (Å²) in [6.45, 7) is 1.53. The molecule has 0 unspecified atom stereocenters. The maximum Gasteiger partial charge on any atom is 0.225 e. The van der Waals surface area contributed by atoms with Gasteiger partial charge >= 0.3 is 0 Å². The van der Waals surface area contributed by atoms with Crippen LogP contribution in [-0.4, -0.2) is 21.7 Å². The highest BCUT2D eigenvalue weighted by Gasteiger charge is 2.30. The normalized spacial score (nSPS) is 13.5. The monoisotopic (exact) mass is 368 g/mol. The van der Waals surface area contributed by atoms with Gasteiger partial charge in [0.25, 0.3) is 0 Å². The van der Waals surface area contributed by atoms with Crippen LogP contribution in [0.2, 0.25) is 0 Å². The molecule has 5 rings (SSSR count). The van der Waals surface area contributed by atoms with E-state index in [4.69, 9.17) is 4.52 Å². The topological polar surface area (TPSA) is 55.1 Å². The molecule has 0 N–H and O–H groups in total. The molecule has 4 aromatic rings. The van der Waals surface area contributed by atoms with Gasteiger partial charge in [0, 0.05) is 30.9 Å². The van der Waals surface area contributed by atoms with Gasteiger partial charge in [-0.05, 0) is 17.2 Å². The molecule has 2 aromatic heterocycles. The lowest BCUT2D eigenvalue weighted by atomic mass is 9.85. The van der Waals surface area contributed by atoms with Crippen LogP contribution in [0.3, 0.4) is 0 Å². The first-order valence-electron chi connectivity index (χ1n) is 9.49. The molecule has 0 fully saturated rings. The van der Waals surface area contributed by atoms with Crippen molar-refractivity contribution in [2.75, 3.05) is 11.4 Å². The number of benzene rings is 2. The number of nitrogens with zero attached hydrogens (tertiary/aromatic N) is 4. The molecule has 0 saturated heterocycles. The van der Waals surface area contributed by atoms with Crippen LogP contribution in [0.1, 0.15) is 34.1 Å². The summed E-state index contributed by atoms with van der Waals surface area (Å²) >= 11 is 0. The summed E-state index contributed by atoms with van der Waals surface area (Å²) in [6, 6.07) is 22.8. The minimum absolute atomic E-state index is 0.0338. The van der Waals surface area contributed by atoms with E-state index in [0.29, 0.717) is 6.54 Å². The first kappa shape index (κ1) is 16.7. The number of aromatic nitrogens is 3. The molecule has 1 aliphatic heterocycles. The molecule has 0 aliphatic carbocycles. The second-order valence-corrected chi connectivity index (χ2v) is 6.94. The number of rotatable bonds is 4. The van der Waals surface area contributed by atoms with Crippen LogP contribution in [0, 0.1) is 0 Å². The van der Waals surface area contributed by atoms with Crippen molar-refractivity contribution in [1.82, 2.24) is 15.1 Å². The van der Waals surface area contributed by atoms with Crippen LogP contribution in [0.5, 0.6) is 0 Å². The summed E-state index contributed by atoms with van der Waals surface area (Å²) in [5.41, 5.74) is 4.54. The van der Waals surface area contributed by atoms with E-state index >= 15 is 0 Å². The van der Waals surface area contributed by atoms with E-state index in [-0.39, 0.29) is 5.92 Å². The second kappa shape index (κ2) is 7.27. The molecule has 0 bridgehead atoms. The van der Waals surface area contributed by atoms with Crippen LogP contribution in [0.15, 0.2) is 83.6 Å². The second-order valence-electron chi connectivity index (χ2n) is 6.94. The summed E-state index contributed by atoms with van der Waals surface area (Å²) < 4.78 is 5.78. The predicted molar refractivity (Wildman–Crippen MR) is 107 cm³/mol. The Hall–Kier alpha value is -3.47. The third-order valence-corrected chi connectivity index (χ3v) is 5.23. The maximum atomic E-state index is 5.78. The highest BCUT2D eigenvalue weighted by atomic mass is 16.5. The lowest BCUT2D eigenvalue weighted by Gasteiger charge is -2.27. The van der Waals surface area contributed by atoms with Crippen LogP contribution in [0.4, 0.5) is 5.95 Å². The SMILES string of the molecule is c1ccc(C(c2ccccc2)c2noc3c2CN(c2ncccn2)CC3)cc1. The fraction of sp³-hybridized carbons (Fsp3) is 0.174. The Bertz CT molecular complexity index is 1010. The molecule has 0 atom stereocenters. The van der Waals surface area contributed by atoms with Crippen molar-refractivity contribution in [2.24, 2.45) is 0 Å². The van der Waals surface area contributed by atoms with E-state index in [0.717, 1.165) is 35.9 Å². The molecule has 0 amide bonds. The first-order valence-corrected chi connectivity index (χ1v) is 9.49. The molecule has 138 valence electrons. The Morgan fingerprint density at radius 3 is 2.11 bits per heavy atom. The predicted octanol–water partition coefficient (Wildman–Crippen LogP) is 4.21. The van der Waals surface area contributed by atoms with Gasteiger partial charge in [-0.25, -0.2) is 9.97 Å². The average Bonchev–Trinajstić information content (AvgIpc) is 3.19. The third-order valence-electron chi connectivity index (χ3n) is 5.23. The van der Waals surface area contributed by atoms with Crippen molar-refractivity contribution in [1.29, 1.82) is 0 Å². The molecule has 1 aliphatic rings. The van der Waals surface area contributed by atoms with Gasteiger partial charge in [0.15, 0.2) is 0 Å². The van der Waals surface area contributed by atoms with E-state index in [9.17, 15) is 0 Å². The van der Waals surface area contributed by atoms with E-state index in [1.165, 1.54) is 11.1 Å². The molecular formula is C23H20N4O. The first-order chi connectivity index (χ1) is 13.9. The zero-order valence-electron chi connectivity index (χ0n) is 15.4. The average molecular weight is 368 g/mol. The molecule has 0 radical (unpaired) electrons. The summed E-state index contributed by atoms with van der Waals surface area (Å²) in [4.78, 5) is 11.0. The van der Waals surface area contributed by atoms with Gasteiger partial charge in [-0.2, -0.15) is 0 Å². The molecule has 28 heavy (non-hydrogen) atoms. The number of hydrogen-bond donors (Lipinski definition) is 0. The molecule has 2 aromatic carbocycles. The Labute approximate surface area is 163 Å². The van der Waals surface area contributed by atoms with Gasteiger partial charge < -0.3 is 9.42 Å². The molecule has 0 spiro atoms. The summed E-state index contributed by atoms with van der Waals surface area (Å²) in [5, 5.41) is 4.54. The van der Waals surface area contributed by atoms with Gasteiger partial charge in [0.1, 0.15) is 11.5 Å². The van der Waals surface area contributed by atoms with Gasteiger partial charge in [0.2, 0.25) is 5.95 Å². The molecule has 0 saturated carbocycles. The van der Waals surface area contributed by atoms with Crippen molar-refractivity contribution in [3.63, 3.8) is 0 Å². The van der Waals surface area contributed by atoms with Crippen molar-refractivity contribution >= 4 is 5.95 Å². The van der Waals surface area contributed by atoms with Crippen LogP contribution < -0.4 is 4.90 Å². The van der Waals surface area contributed by atoms with Crippen molar-refractivity contribution in [3.8, 4) is 0 Å². The van der Waals surface area contributed by atoms with Crippen molar-refractivity contribution in [3.05, 3.63) is 107 Å². The standard InChI is InChI=1S/C23H20N4O/c1-3-8-17(9-4-1)21(18-10-5-2-6-11-18)22-19-16-27(15-12-20(19)28-26-22)23-24-13-7-14-25-23/h1-11,13-14,21H,12,15-16H2. The van der Waals surface area contributed by atoms with E-state index in [1.807, 2.05) is 18.2 Å². The Morgan fingerprint density at radius 1 is 0.821 bits per heavy atom. The van der Waals surface area contributed by atoms with Crippen LogP contribution >= 0.6 is 0 Å². The molecule has 5 nitrogen and oxygen atoms in total. The van der Waals surface area contributed by atoms with E-state index < -0.39 is 0 Å². The van der Waals surface area contributed by atoms with Crippen LogP contribution in [-0.2, 0) is 13.0 Å². The van der Waals surface area contributed by atoms with E-state index in [2.05, 4.69) is 68.6 Å². The zero-order chi connectivity index (χ0) is 18.8. The largest absolute Gasteiger partial charge is 0.361 e. The maximum absolute atomic E-state index is 5.78. The highest BCUT2D eigenvalue weighted by molar-refractivity contribution is 5.46. The minimum Gasteiger partial charge on any atom is -0.361 e. The van der Waals surface area contributed by atoms with Gasteiger partial charge in [-0.1, -0.05) is 65.8 Å². The van der Waals surface area contributed by atoms with Crippen LogP contribution in [0.25, 0.3) is 0 Å².